The molecule has 1 aromatic heterocycles. The number of aliphatic hydroxyl groups is 1. The maximum atomic E-state index is 8.85. The largest absolute Gasteiger partial charge is 0.398 e. The lowest BCUT2D eigenvalue weighted by molar-refractivity contribution is 0.293. The van der Waals surface area contributed by atoms with Crippen LogP contribution in [0, 0.1) is 0 Å². The van der Waals surface area contributed by atoms with E-state index in [2.05, 4.69) is 10.1 Å². The monoisotopic (exact) mass is 255 g/mol. The van der Waals surface area contributed by atoms with Gasteiger partial charge in [-0.25, -0.2) is 0 Å². The number of rotatable bonds is 3. The van der Waals surface area contributed by atoms with Gasteiger partial charge in [-0.15, -0.1) is 0 Å². The third-order valence-corrected chi connectivity index (χ3v) is 2.95. The minimum Gasteiger partial charge on any atom is -0.398 e. The molecular formula is C14H13N3O2. The highest BCUT2D eigenvalue weighted by Crippen LogP contribution is 2.29. The lowest BCUT2D eigenvalue weighted by atomic mass is 10.1. The van der Waals surface area contributed by atoms with E-state index in [-0.39, 0.29) is 6.61 Å². The Labute approximate surface area is 109 Å². The summed E-state index contributed by atoms with van der Waals surface area (Å²) in [6, 6.07) is 11.8. The SMILES string of the molecule is Nc1cc2ccccc2cc1-c1nc(CCO)no1. The van der Waals surface area contributed by atoms with E-state index in [9.17, 15) is 0 Å². The molecule has 1 heterocycles. The van der Waals surface area contributed by atoms with Gasteiger partial charge in [0.25, 0.3) is 5.89 Å². The summed E-state index contributed by atoms with van der Waals surface area (Å²) >= 11 is 0. The summed E-state index contributed by atoms with van der Waals surface area (Å²) in [6.07, 6.45) is 0.372. The average molecular weight is 255 g/mol. The number of nitrogens with two attached hydrogens (primary N) is 1. The highest BCUT2D eigenvalue weighted by molar-refractivity contribution is 5.92. The van der Waals surface area contributed by atoms with E-state index in [0.717, 1.165) is 16.3 Å². The Morgan fingerprint density at radius 2 is 1.89 bits per heavy atom. The second kappa shape index (κ2) is 4.70. The fraction of sp³-hybridized carbons (Fsp3) is 0.143. The molecular weight excluding hydrogens is 242 g/mol. The Hall–Kier alpha value is -2.40. The van der Waals surface area contributed by atoms with Crippen LogP contribution in [0.1, 0.15) is 5.82 Å². The molecule has 3 aromatic rings. The minimum absolute atomic E-state index is 0.00776. The van der Waals surface area contributed by atoms with Crippen LogP contribution >= 0.6 is 0 Å². The molecule has 0 spiro atoms. The Morgan fingerprint density at radius 1 is 1.16 bits per heavy atom. The van der Waals surface area contributed by atoms with Gasteiger partial charge in [-0.1, -0.05) is 29.4 Å². The van der Waals surface area contributed by atoms with Gasteiger partial charge >= 0.3 is 0 Å². The zero-order valence-corrected chi connectivity index (χ0v) is 10.2. The molecule has 0 radical (unpaired) electrons. The van der Waals surface area contributed by atoms with E-state index in [1.54, 1.807) is 0 Å². The van der Waals surface area contributed by atoms with Gasteiger partial charge in [-0.3, -0.25) is 0 Å². The summed E-state index contributed by atoms with van der Waals surface area (Å²) in [6.45, 7) is -0.00776. The second-order valence-corrected chi connectivity index (χ2v) is 4.28. The first-order valence-electron chi connectivity index (χ1n) is 6.00. The Kier molecular flexibility index (Phi) is 2.89. The van der Waals surface area contributed by atoms with Crippen LogP contribution < -0.4 is 5.73 Å². The van der Waals surface area contributed by atoms with E-state index < -0.39 is 0 Å². The van der Waals surface area contributed by atoms with Crippen LogP contribution in [0.4, 0.5) is 5.69 Å². The molecule has 5 heteroatoms. The molecule has 0 fully saturated rings. The molecule has 0 amide bonds. The molecule has 96 valence electrons. The number of aliphatic hydroxyl groups excluding tert-OH is 1. The molecule has 0 bridgehead atoms. The first-order chi connectivity index (χ1) is 9.28. The standard InChI is InChI=1S/C14H13N3O2/c15-12-8-10-4-2-1-3-9(10)7-11(12)14-16-13(5-6-18)17-19-14/h1-4,7-8,18H,5-6,15H2. The van der Waals surface area contributed by atoms with Gasteiger partial charge in [-0.2, -0.15) is 4.98 Å². The maximum Gasteiger partial charge on any atom is 0.260 e. The van der Waals surface area contributed by atoms with E-state index in [0.29, 0.717) is 23.8 Å². The van der Waals surface area contributed by atoms with E-state index >= 15 is 0 Å². The summed E-state index contributed by atoms with van der Waals surface area (Å²) in [7, 11) is 0. The van der Waals surface area contributed by atoms with Gasteiger partial charge < -0.3 is 15.4 Å². The summed E-state index contributed by atoms with van der Waals surface area (Å²) in [4.78, 5) is 4.22. The first-order valence-corrected chi connectivity index (χ1v) is 6.00. The zero-order valence-electron chi connectivity index (χ0n) is 10.2. The average Bonchev–Trinajstić information content (AvgIpc) is 2.87. The summed E-state index contributed by atoms with van der Waals surface area (Å²) in [5, 5.41) is 14.8. The van der Waals surface area contributed by atoms with Gasteiger partial charge in [0.1, 0.15) is 0 Å². The van der Waals surface area contributed by atoms with Crippen LogP contribution in [0.2, 0.25) is 0 Å². The van der Waals surface area contributed by atoms with Crippen LogP contribution in [-0.4, -0.2) is 21.9 Å². The normalized spacial score (nSPS) is 11.0. The molecule has 19 heavy (non-hydrogen) atoms. The molecule has 2 aromatic carbocycles. The van der Waals surface area contributed by atoms with Crippen molar-refractivity contribution in [3.05, 3.63) is 42.2 Å². The molecule has 0 unspecified atom stereocenters. The Balaban J connectivity index is 2.10. The fourth-order valence-electron chi connectivity index (χ4n) is 2.01. The molecule has 3 rings (SSSR count). The Morgan fingerprint density at radius 3 is 2.63 bits per heavy atom. The van der Waals surface area contributed by atoms with Gasteiger partial charge in [0.05, 0.1) is 12.2 Å². The molecule has 0 atom stereocenters. The van der Waals surface area contributed by atoms with Crippen LogP contribution in [0.5, 0.6) is 0 Å². The van der Waals surface area contributed by atoms with Crippen LogP contribution in [0.3, 0.4) is 0 Å². The van der Waals surface area contributed by atoms with Gasteiger partial charge in [0, 0.05) is 12.1 Å². The maximum absolute atomic E-state index is 8.85. The van der Waals surface area contributed by atoms with Crippen molar-refractivity contribution in [2.45, 2.75) is 6.42 Å². The van der Waals surface area contributed by atoms with E-state index in [1.165, 1.54) is 0 Å². The van der Waals surface area contributed by atoms with Gasteiger partial charge in [-0.05, 0) is 22.9 Å². The Bertz CT molecular complexity index is 722. The van der Waals surface area contributed by atoms with Crippen molar-refractivity contribution in [1.82, 2.24) is 10.1 Å². The van der Waals surface area contributed by atoms with Crippen molar-refractivity contribution in [1.29, 1.82) is 0 Å². The van der Waals surface area contributed by atoms with E-state index in [1.807, 2.05) is 36.4 Å². The van der Waals surface area contributed by atoms with Crippen LogP contribution in [0.15, 0.2) is 40.9 Å². The molecule has 0 aliphatic rings. The fourth-order valence-corrected chi connectivity index (χ4v) is 2.01. The van der Waals surface area contributed by atoms with Crippen molar-refractivity contribution >= 4 is 16.5 Å². The summed E-state index contributed by atoms with van der Waals surface area (Å²) in [5.41, 5.74) is 7.34. The van der Waals surface area contributed by atoms with Crippen LogP contribution in [0.25, 0.3) is 22.2 Å². The van der Waals surface area contributed by atoms with Crippen molar-refractivity contribution in [2.24, 2.45) is 0 Å². The number of benzene rings is 2. The molecule has 0 aliphatic carbocycles. The highest BCUT2D eigenvalue weighted by Gasteiger charge is 2.12. The third-order valence-electron chi connectivity index (χ3n) is 2.95. The number of hydrogen-bond donors (Lipinski definition) is 2. The smallest absolute Gasteiger partial charge is 0.260 e. The number of aromatic nitrogens is 2. The first kappa shape index (κ1) is 11.7. The molecule has 0 saturated heterocycles. The van der Waals surface area contributed by atoms with E-state index in [4.69, 9.17) is 15.4 Å². The number of nitrogens with zero attached hydrogens (tertiary/aromatic N) is 2. The molecule has 3 N–H and O–H groups in total. The lowest BCUT2D eigenvalue weighted by Gasteiger charge is -2.03. The van der Waals surface area contributed by atoms with Crippen molar-refractivity contribution < 1.29 is 9.63 Å². The molecule has 0 aliphatic heterocycles. The van der Waals surface area contributed by atoms with Crippen LogP contribution in [-0.2, 0) is 6.42 Å². The lowest BCUT2D eigenvalue weighted by Crippen LogP contribution is -1.93. The number of anilines is 1. The van der Waals surface area contributed by atoms with Crippen molar-refractivity contribution in [2.75, 3.05) is 12.3 Å². The number of hydrogen-bond acceptors (Lipinski definition) is 5. The van der Waals surface area contributed by atoms with Crippen molar-refractivity contribution in [3.8, 4) is 11.5 Å². The topological polar surface area (TPSA) is 85.2 Å². The zero-order chi connectivity index (χ0) is 13.2. The number of nitrogen functional groups attached to an aromatic ring is 1. The summed E-state index contributed by atoms with van der Waals surface area (Å²) < 4.78 is 5.18. The van der Waals surface area contributed by atoms with Gasteiger partial charge in [0.15, 0.2) is 5.82 Å². The van der Waals surface area contributed by atoms with Crippen molar-refractivity contribution in [3.63, 3.8) is 0 Å². The summed E-state index contributed by atoms with van der Waals surface area (Å²) in [5.74, 6) is 0.858. The highest BCUT2D eigenvalue weighted by atomic mass is 16.5. The molecule has 0 saturated carbocycles. The quantitative estimate of drug-likeness (QED) is 0.699. The molecule has 5 nitrogen and oxygen atoms in total. The predicted molar refractivity (Wildman–Crippen MR) is 72.4 cm³/mol. The number of fused-ring (bicyclic) bond motifs is 1. The predicted octanol–water partition coefficient (Wildman–Crippen LogP) is 2.01. The van der Waals surface area contributed by atoms with Gasteiger partial charge in [0.2, 0.25) is 0 Å². The minimum atomic E-state index is -0.00776. The third kappa shape index (κ3) is 2.15. The second-order valence-electron chi connectivity index (χ2n) is 4.28.